The number of rotatable bonds is 8. The van der Waals surface area contributed by atoms with E-state index in [2.05, 4.69) is 58.6 Å². The number of ether oxygens (including phenoxy) is 1. The number of hydrogen-bond donors (Lipinski definition) is 2. The zero-order valence-electron chi connectivity index (χ0n) is 15.6. The summed E-state index contributed by atoms with van der Waals surface area (Å²) in [4.78, 5) is 7.06. The quantitative estimate of drug-likeness (QED) is 0.270. The monoisotopic (exact) mass is 460 g/mol. The molecule has 0 saturated carbocycles. The van der Waals surface area contributed by atoms with E-state index >= 15 is 0 Å². The molecule has 1 fully saturated rings. The molecule has 25 heavy (non-hydrogen) atoms. The summed E-state index contributed by atoms with van der Waals surface area (Å²) in [7, 11) is 0. The van der Waals surface area contributed by atoms with Gasteiger partial charge in [0.15, 0.2) is 5.96 Å². The number of aliphatic imine (C=N–C) groups is 1. The van der Waals surface area contributed by atoms with Gasteiger partial charge >= 0.3 is 0 Å². The average Bonchev–Trinajstić information content (AvgIpc) is 2.64. The topological polar surface area (TPSA) is 48.9 Å². The van der Waals surface area contributed by atoms with E-state index in [1.807, 2.05) is 0 Å². The highest BCUT2D eigenvalue weighted by Crippen LogP contribution is 2.17. The summed E-state index contributed by atoms with van der Waals surface area (Å²) in [6.45, 7) is 10.5. The first-order chi connectivity index (χ1) is 11.8. The molecule has 2 N–H and O–H groups in total. The highest BCUT2D eigenvalue weighted by molar-refractivity contribution is 14.0. The van der Waals surface area contributed by atoms with Gasteiger partial charge in [-0.15, -0.1) is 24.0 Å². The second-order valence-corrected chi connectivity index (χ2v) is 6.09. The van der Waals surface area contributed by atoms with Crippen molar-refractivity contribution in [1.82, 2.24) is 10.6 Å². The van der Waals surface area contributed by atoms with Gasteiger partial charge in [0.25, 0.3) is 0 Å². The maximum atomic E-state index is 5.41. The van der Waals surface area contributed by atoms with Gasteiger partial charge in [-0.3, -0.25) is 0 Å². The molecule has 0 unspecified atom stereocenters. The average molecular weight is 460 g/mol. The fraction of sp³-hybridized carbons (Fsp3) is 0.632. The Hall–Kier alpha value is -1.02. The molecule has 0 bridgehead atoms. The molecule has 5 nitrogen and oxygen atoms in total. The summed E-state index contributed by atoms with van der Waals surface area (Å²) in [5.41, 5.74) is 2.51. The van der Waals surface area contributed by atoms with Crippen LogP contribution < -0.4 is 15.5 Å². The molecule has 1 aromatic rings. The summed E-state index contributed by atoms with van der Waals surface area (Å²) in [6, 6.07) is 8.74. The smallest absolute Gasteiger partial charge is 0.191 e. The second kappa shape index (κ2) is 13.2. The summed E-state index contributed by atoms with van der Waals surface area (Å²) < 4.78 is 5.41. The van der Waals surface area contributed by atoms with E-state index < -0.39 is 0 Å². The minimum atomic E-state index is 0. The first-order valence-corrected chi connectivity index (χ1v) is 9.27. The Bertz CT molecular complexity index is 487. The minimum Gasteiger partial charge on any atom is -0.378 e. The van der Waals surface area contributed by atoms with E-state index in [1.165, 1.54) is 30.5 Å². The molecule has 1 saturated heterocycles. The molecule has 1 aliphatic heterocycles. The van der Waals surface area contributed by atoms with Gasteiger partial charge in [-0.2, -0.15) is 0 Å². The maximum absolute atomic E-state index is 5.41. The van der Waals surface area contributed by atoms with Crippen molar-refractivity contribution >= 4 is 35.6 Å². The molecule has 0 aliphatic carbocycles. The number of morpholine rings is 1. The predicted molar refractivity (Wildman–Crippen MR) is 117 cm³/mol. The zero-order chi connectivity index (χ0) is 17.0. The van der Waals surface area contributed by atoms with Crippen molar-refractivity contribution in [3.8, 4) is 0 Å². The van der Waals surface area contributed by atoms with E-state index in [-0.39, 0.29) is 24.0 Å². The summed E-state index contributed by atoms with van der Waals surface area (Å²) in [5, 5.41) is 6.72. The highest BCUT2D eigenvalue weighted by atomic mass is 127. The van der Waals surface area contributed by atoms with E-state index in [1.54, 1.807) is 0 Å². The molecular weight excluding hydrogens is 427 g/mol. The molecule has 1 heterocycles. The van der Waals surface area contributed by atoms with Crippen molar-refractivity contribution in [3.63, 3.8) is 0 Å². The number of benzene rings is 1. The maximum Gasteiger partial charge on any atom is 0.191 e. The van der Waals surface area contributed by atoms with E-state index in [9.17, 15) is 0 Å². The molecule has 0 radical (unpaired) electrons. The van der Waals surface area contributed by atoms with Gasteiger partial charge in [-0.25, -0.2) is 4.99 Å². The Morgan fingerprint density at radius 2 is 1.80 bits per heavy atom. The lowest BCUT2D eigenvalue weighted by atomic mass is 10.2. The molecule has 142 valence electrons. The largest absolute Gasteiger partial charge is 0.378 e. The fourth-order valence-corrected chi connectivity index (χ4v) is 2.73. The molecule has 1 aromatic carbocycles. The number of guanidine groups is 1. The van der Waals surface area contributed by atoms with Crippen LogP contribution in [-0.4, -0.2) is 45.4 Å². The Morgan fingerprint density at radius 3 is 2.44 bits per heavy atom. The summed E-state index contributed by atoms with van der Waals surface area (Å²) in [6.07, 6.45) is 3.69. The third-order valence-corrected chi connectivity index (χ3v) is 4.15. The van der Waals surface area contributed by atoms with E-state index in [0.29, 0.717) is 6.54 Å². The van der Waals surface area contributed by atoms with Crippen LogP contribution in [0.1, 0.15) is 38.7 Å². The van der Waals surface area contributed by atoms with Crippen molar-refractivity contribution < 1.29 is 4.74 Å². The SMILES string of the molecule is CCCCCNC(=NCc1ccc(N2CCOCC2)cc1)NCC.I. The van der Waals surface area contributed by atoms with Crippen molar-refractivity contribution in [2.75, 3.05) is 44.3 Å². The zero-order valence-corrected chi connectivity index (χ0v) is 17.9. The van der Waals surface area contributed by atoms with E-state index in [0.717, 1.165) is 45.4 Å². The summed E-state index contributed by atoms with van der Waals surface area (Å²) >= 11 is 0. The molecule has 2 rings (SSSR count). The van der Waals surface area contributed by atoms with E-state index in [4.69, 9.17) is 4.74 Å². The Morgan fingerprint density at radius 1 is 1.08 bits per heavy atom. The van der Waals surface area contributed by atoms with Crippen molar-refractivity contribution in [2.24, 2.45) is 4.99 Å². The highest BCUT2D eigenvalue weighted by Gasteiger charge is 2.10. The fourth-order valence-electron chi connectivity index (χ4n) is 2.73. The van der Waals surface area contributed by atoms with Crippen molar-refractivity contribution in [1.29, 1.82) is 0 Å². The number of nitrogens with zero attached hydrogens (tertiary/aromatic N) is 2. The van der Waals surface area contributed by atoms with Gasteiger partial charge < -0.3 is 20.3 Å². The lowest BCUT2D eigenvalue weighted by Crippen LogP contribution is -2.37. The van der Waals surface area contributed by atoms with Gasteiger partial charge in [-0.05, 0) is 31.0 Å². The Kier molecular flexibility index (Phi) is 11.6. The van der Waals surface area contributed by atoms with Gasteiger partial charge in [-0.1, -0.05) is 31.9 Å². The number of nitrogens with one attached hydrogen (secondary N) is 2. The molecule has 0 spiro atoms. The van der Waals surface area contributed by atoms with Crippen molar-refractivity contribution in [2.45, 2.75) is 39.7 Å². The first-order valence-electron chi connectivity index (χ1n) is 9.27. The standard InChI is InChI=1S/C19H32N4O.HI/c1-3-5-6-11-21-19(20-4-2)22-16-17-7-9-18(10-8-17)23-12-14-24-15-13-23;/h7-10H,3-6,11-16H2,1-2H3,(H2,20,21,22);1H. The van der Waals surface area contributed by atoms with Crippen LogP contribution >= 0.6 is 24.0 Å². The lowest BCUT2D eigenvalue weighted by Gasteiger charge is -2.28. The van der Waals surface area contributed by atoms with Crippen LogP contribution in [0.3, 0.4) is 0 Å². The molecule has 1 aliphatic rings. The summed E-state index contributed by atoms with van der Waals surface area (Å²) in [5.74, 6) is 0.908. The number of halogens is 1. The molecule has 6 heteroatoms. The van der Waals surface area contributed by atoms with Crippen LogP contribution in [0.15, 0.2) is 29.3 Å². The predicted octanol–water partition coefficient (Wildman–Crippen LogP) is 3.39. The van der Waals surface area contributed by atoms with Crippen LogP contribution in [0.25, 0.3) is 0 Å². The van der Waals surface area contributed by atoms with Crippen LogP contribution in [0.2, 0.25) is 0 Å². The third-order valence-electron chi connectivity index (χ3n) is 4.15. The number of unbranched alkanes of at least 4 members (excludes halogenated alkanes) is 2. The van der Waals surface area contributed by atoms with Gasteiger partial charge in [0.05, 0.1) is 19.8 Å². The molecule has 0 aromatic heterocycles. The normalized spacial score (nSPS) is 14.8. The van der Waals surface area contributed by atoms with Crippen LogP contribution in [0.4, 0.5) is 5.69 Å². The third kappa shape index (κ3) is 8.27. The van der Waals surface area contributed by atoms with Crippen LogP contribution in [0, 0.1) is 0 Å². The minimum absolute atomic E-state index is 0. The molecular formula is C19H33IN4O. The van der Waals surface area contributed by atoms with Crippen molar-refractivity contribution in [3.05, 3.63) is 29.8 Å². The van der Waals surface area contributed by atoms with Gasteiger partial charge in [0.1, 0.15) is 0 Å². The Balaban J connectivity index is 0.00000312. The number of anilines is 1. The molecule has 0 atom stereocenters. The second-order valence-electron chi connectivity index (χ2n) is 6.09. The first kappa shape index (κ1) is 22.0. The van der Waals surface area contributed by atoms with Gasteiger partial charge in [0.2, 0.25) is 0 Å². The van der Waals surface area contributed by atoms with Crippen LogP contribution in [0.5, 0.6) is 0 Å². The van der Waals surface area contributed by atoms with Crippen LogP contribution in [-0.2, 0) is 11.3 Å². The lowest BCUT2D eigenvalue weighted by molar-refractivity contribution is 0.122. The number of hydrogen-bond acceptors (Lipinski definition) is 3. The molecule has 0 amide bonds. The Labute approximate surface area is 169 Å². The van der Waals surface area contributed by atoms with Gasteiger partial charge in [0, 0.05) is 31.9 Å².